The van der Waals surface area contributed by atoms with Crippen molar-refractivity contribution in [3.05, 3.63) is 101 Å². The number of amides is 2. The highest BCUT2D eigenvalue weighted by Crippen LogP contribution is 2.42. The molecule has 0 aliphatic carbocycles. The molecule has 3 aromatic heterocycles. The minimum absolute atomic E-state index is 0.121. The molecule has 3 aliphatic heterocycles. The smallest absolute Gasteiger partial charge is 0.352 e. The Kier molecular flexibility index (Phi) is 8.02. The number of carboxylic acid groups (broad SMARTS) is 1. The Morgan fingerprint density at radius 1 is 0.614 bits per heavy atom. The lowest BCUT2D eigenvalue weighted by atomic mass is 10.1. The van der Waals surface area contributed by atoms with Gasteiger partial charge in [0.1, 0.15) is 34.3 Å². The van der Waals surface area contributed by atoms with E-state index in [0.717, 1.165) is 92.6 Å². The van der Waals surface area contributed by atoms with Crippen LogP contribution in [0.25, 0.3) is 32.7 Å². The van der Waals surface area contributed by atoms with E-state index in [0.29, 0.717) is 54.4 Å². The van der Waals surface area contributed by atoms with Crippen molar-refractivity contribution in [2.45, 2.75) is 25.7 Å². The summed E-state index contributed by atoms with van der Waals surface area (Å²) in [5, 5.41) is 21.0. The number of rotatable bonds is 8. The predicted octanol–water partition coefficient (Wildman–Crippen LogP) is 8.27. The molecule has 10 rings (SSSR count). The van der Waals surface area contributed by atoms with Crippen molar-refractivity contribution < 1.29 is 29.0 Å². The number of carbonyl (C=O) groups is 3. The first-order chi connectivity index (χ1) is 27.8. The van der Waals surface area contributed by atoms with E-state index in [1.165, 1.54) is 0 Å². The maximum atomic E-state index is 14.0. The van der Waals surface area contributed by atoms with E-state index in [4.69, 9.17) is 9.47 Å². The predicted molar refractivity (Wildman–Crippen MR) is 218 cm³/mol. The van der Waals surface area contributed by atoms with Gasteiger partial charge >= 0.3 is 5.97 Å². The summed E-state index contributed by atoms with van der Waals surface area (Å²) in [6, 6.07) is 22.3. The molecule has 0 spiro atoms. The Hall–Kier alpha value is -7.09. The topological polar surface area (TPSA) is 172 Å². The second kappa shape index (κ2) is 13.3. The third-order valence-corrected chi connectivity index (χ3v) is 11.5. The first kappa shape index (κ1) is 34.4. The number of aromatic carboxylic acids is 1. The van der Waals surface area contributed by atoms with Crippen molar-refractivity contribution in [3.63, 3.8) is 0 Å². The summed E-state index contributed by atoms with van der Waals surface area (Å²) in [5.41, 5.74) is 9.11. The van der Waals surface area contributed by atoms with Crippen LogP contribution in [0.1, 0.15) is 55.4 Å². The second-order valence-corrected chi connectivity index (χ2v) is 14.7. The number of methoxy groups -OCH3 is 2. The minimum atomic E-state index is -1.02. The Bertz CT molecular complexity index is 2840. The van der Waals surface area contributed by atoms with Crippen LogP contribution in [-0.2, 0) is 12.8 Å². The molecule has 0 bridgehead atoms. The third-order valence-electron chi connectivity index (χ3n) is 11.5. The van der Waals surface area contributed by atoms with Crippen LogP contribution in [0.5, 0.6) is 11.5 Å². The summed E-state index contributed by atoms with van der Waals surface area (Å²) in [5.74, 6) is -0.00549. The maximum Gasteiger partial charge on any atom is 0.352 e. The van der Waals surface area contributed by atoms with E-state index < -0.39 is 5.97 Å². The molecule has 14 heteroatoms. The average Bonchev–Trinajstić information content (AvgIpc) is 4.08. The van der Waals surface area contributed by atoms with E-state index in [1.807, 2.05) is 66.7 Å². The number of ether oxygens (including phenoxy) is 2. The van der Waals surface area contributed by atoms with Crippen LogP contribution >= 0.6 is 0 Å². The second-order valence-electron chi connectivity index (χ2n) is 14.7. The van der Waals surface area contributed by atoms with Crippen molar-refractivity contribution in [2.75, 3.05) is 55.1 Å². The van der Waals surface area contributed by atoms with Gasteiger partial charge in [-0.05, 0) is 97.5 Å². The lowest BCUT2D eigenvalue weighted by molar-refractivity contribution is 0.0691. The summed E-state index contributed by atoms with van der Waals surface area (Å²) < 4.78 is 11.4. The molecule has 4 N–H and O–H groups in total. The highest BCUT2D eigenvalue weighted by molar-refractivity contribution is 6.13. The number of fused-ring (bicyclic) bond motifs is 7. The molecule has 0 unspecified atom stereocenters. The fourth-order valence-corrected chi connectivity index (χ4v) is 8.73. The summed E-state index contributed by atoms with van der Waals surface area (Å²) >= 11 is 0. The average molecular weight is 763 g/mol. The van der Waals surface area contributed by atoms with Crippen LogP contribution in [-0.4, -0.2) is 78.2 Å². The van der Waals surface area contributed by atoms with Crippen LogP contribution in [0.2, 0.25) is 0 Å². The first-order valence-electron chi connectivity index (χ1n) is 19.0. The number of nitrogens with zero attached hydrogens (tertiary/aromatic N) is 5. The number of hydrogen-bond acceptors (Lipinski definition) is 8. The molecule has 0 radical (unpaired) electrons. The van der Waals surface area contributed by atoms with Gasteiger partial charge in [-0.2, -0.15) is 5.11 Å². The van der Waals surface area contributed by atoms with Crippen LogP contribution in [0.4, 0.5) is 28.4 Å². The largest absolute Gasteiger partial charge is 0.494 e. The Morgan fingerprint density at radius 3 is 1.82 bits per heavy atom. The fourth-order valence-electron chi connectivity index (χ4n) is 8.73. The molecular formula is C43H38N8O6. The molecule has 1 saturated heterocycles. The van der Waals surface area contributed by atoms with Gasteiger partial charge in [0.05, 0.1) is 25.6 Å². The number of H-pyrrole nitrogens is 3. The quantitative estimate of drug-likeness (QED) is 0.113. The molecule has 6 heterocycles. The number of anilines is 3. The SMILES string of the molecule is COc1cc(N2CCCC2)c(OC)cc1N=Nc1ccc2[nH]c(C(=O)N3CCc4c3ccc3[nH]c(C(=O)N5CCc6c5ccc5[nH]c(C(=O)O)cc65)cc43)cc2c1. The molecular weight excluding hydrogens is 725 g/mol. The molecule has 1 fully saturated rings. The zero-order valence-corrected chi connectivity index (χ0v) is 31.3. The summed E-state index contributed by atoms with van der Waals surface area (Å²) in [4.78, 5) is 54.9. The normalized spacial score (nSPS) is 15.1. The molecule has 286 valence electrons. The number of carbonyl (C=O) groups excluding carboxylic acids is 2. The lowest BCUT2D eigenvalue weighted by Gasteiger charge is -2.21. The van der Waals surface area contributed by atoms with Crippen molar-refractivity contribution >= 4 is 78.9 Å². The van der Waals surface area contributed by atoms with Crippen LogP contribution < -0.4 is 24.2 Å². The summed E-state index contributed by atoms with van der Waals surface area (Å²) in [6.45, 7) is 2.94. The molecule has 7 aromatic rings. The monoisotopic (exact) mass is 762 g/mol. The molecule has 3 aliphatic rings. The standard InChI is InChI=1S/C43H38N8O6/c1-56-39-22-38(49-13-3-4-14-49)40(57-2)21-32(39)48-47-24-5-6-29-23(17-24)18-33(44-29)41(52)50-15-11-25-27-19-34(45-30(27)7-9-36(25)50)42(53)51-16-12-26-28-20-35(43(54)55)46-31(28)8-10-37(26)51/h5-10,17-22,44-46H,3-4,11-16H2,1-2H3,(H,54,55). The Morgan fingerprint density at radius 2 is 1.19 bits per heavy atom. The first-order valence-corrected chi connectivity index (χ1v) is 19.0. The molecule has 57 heavy (non-hydrogen) atoms. The third kappa shape index (κ3) is 5.66. The van der Waals surface area contributed by atoms with Gasteiger partial charge < -0.3 is 44.2 Å². The van der Waals surface area contributed by atoms with Gasteiger partial charge in [0.2, 0.25) is 0 Å². The highest BCUT2D eigenvalue weighted by Gasteiger charge is 2.32. The van der Waals surface area contributed by atoms with Crippen molar-refractivity contribution in [2.24, 2.45) is 10.2 Å². The maximum absolute atomic E-state index is 14.0. The van der Waals surface area contributed by atoms with E-state index >= 15 is 0 Å². The van der Waals surface area contributed by atoms with Gasteiger partial charge in [-0.15, -0.1) is 5.11 Å². The van der Waals surface area contributed by atoms with Crippen molar-refractivity contribution in [1.29, 1.82) is 0 Å². The number of hydrogen-bond donors (Lipinski definition) is 4. The van der Waals surface area contributed by atoms with Crippen LogP contribution in [0, 0.1) is 0 Å². The number of aromatic nitrogens is 3. The van der Waals surface area contributed by atoms with Gasteiger partial charge in [-0.3, -0.25) is 9.59 Å². The van der Waals surface area contributed by atoms with E-state index in [-0.39, 0.29) is 17.5 Å². The molecule has 0 saturated carbocycles. The zero-order valence-electron chi connectivity index (χ0n) is 31.3. The lowest BCUT2D eigenvalue weighted by Crippen LogP contribution is -2.29. The van der Waals surface area contributed by atoms with Gasteiger partial charge in [0, 0.05) is 82.4 Å². The van der Waals surface area contributed by atoms with Gasteiger partial charge in [-0.1, -0.05) is 0 Å². The fraction of sp³-hybridized carbons (Fsp3) is 0.233. The molecule has 2 amide bonds. The number of carboxylic acids is 1. The number of azo groups is 1. The highest BCUT2D eigenvalue weighted by atomic mass is 16.5. The van der Waals surface area contributed by atoms with Crippen molar-refractivity contribution in [3.8, 4) is 11.5 Å². The molecule has 4 aromatic carbocycles. The number of nitrogens with one attached hydrogen (secondary N) is 3. The Labute approximate surface area is 325 Å². The van der Waals surface area contributed by atoms with Crippen LogP contribution in [0.3, 0.4) is 0 Å². The van der Waals surface area contributed by atoms with Gasteiger partial charge in [-0.25, -0.2) is 4.79 Å². The summed E-state index contributed by atoms with van der Waals surface area (Å²) in [6.07, 6.45) is 3.56. The molecule has 0 atom stereocenters. The summed E-state index contributed by atoms with van der Waals surface area (Å²) in [7, 11) is 3.27. The van der Waals surface area contributed by atoms with Crippen molar-refractivity contribution in [1.82, 2.24) is 15.0 Å². The zero-order chi connectivity index (χ0) is 38.9. The van der Waals surface area contributed by atoms with Gasteiger partial charge in [0.25, 0.3) is 11.8 Å². The minimum Gasteiger partial charge on any atom is -0.494 e. The number of aromatic amines is 3. The van der Waals surface area contributed by atoms with E-state index in [2.05, 4.69) is 30.1 Å². The molecule has 14 nitrogen and oxygen atoms in total. The van der Waals surface area contributed by atoms with Gasteiger partial charge in [0.15, 0.2) is 0 Å². The number of benzene rings is 4. The Balaban J connectivity index is 0.883. The van der Waals surface area contributed by atoms with E-state index in [1.54, 1.807) is 30.1 Å². The van der Waals surface area contributed by atoms with Crippen LogP contribution in [0.15, 0.2) is 83.0 Å². The van der Waals surface area contributed by atoms with E-state index in [9.17, 15) is 19.5 Å².